The van der Waals surface area contributed by atoms with Crippen molar-refractivity contribution in [2.75, 3.05) is 34.4 Å². The molecule has 1 aliphatic heterocycles. The molecule has 0 bridgehead atoms. The lowest BCUT2D eigenvalue weighted by Gasteiger charge is -2.27. The normalized spacial score (nSPS) is 17.1. The third-order valence-electron chi connectivity index (χ3n) is 4.94. The van der Waals surface area contributed by atoms with Gasteiger partial charge in [-0.3, -0.25) is 9.69 Å². The number of hydrogen-bond acceptors (Lipinski definition) is 5. The number of hydrogen-bond donors (Lipinski definition) is 0. The summed E-state index contributed by atoms with van der Waals surface area (Å²) in [7, 11) is 5.12. The number of amides is 1. The number of carbonyl (C=O) groups excluding carboxylic acids is 1. The van der Waals surface area contributed by atoms with E-state index in [1.165, 1.54) is 11.3 Å². The molecule has 1 saturated heterocycles. The molecule has 27 heavy (non-hydrogen) atoms. The molecule has 2 heterocycles. The van der Waals surface area contributed by atoms with Crippen molar-refractivity contribution in [3.63, 3.8) is 0 Å². The molecule has 0 N–H and O–H groups in total. The fourth-order valence-corrected chi connectivity index (χ4v) is 4.65. The van der Waals surface area contributed by atoms with Gasteiger partial charge in [0.2, 0.25) is 5.91 Å². The molecule has 2 aromatic rings. The molecule has 1 aromatic carbocycles. The number of likely N-dealkylation sites (tertiary alicyclic amines) is 1. The molecule has 0 radical (unpaired) electrons. The second kappa shape index (κ2) is 8.95. The molecule has 0 saturated carbocycles. The Balaban J connectivity index is 1.66. The lowest BCUT2D eigenvalue weighted by atomic mass is 10.0. The van der Waals surface area contributed by atoms with Gasteiger partial charge in [0.05, 0.1) is 31.6 Å². The summed E-state index contributed by atoms with van der Waals surface area (Å²) in [5, 5.41) is 0. The number of thiophene rings is 1. The maximum absolute atomic E-state index is 12.7. The van der Waals surface area contributed by atoms with Crippen molar-refractivity contribution in [2.45, 2.75) is 25.4 Å². The molecule has 1 amide bonds. The van der Waals surface area contributed by atoms with Gasteiger partial charge in [0.1, 0.15) is 0 Å². The molecule has 0 aliphatic carbocycles. The zero-order valence-electron chi connectivity index (χ0n) is 15.9. The first-order chi connectivity index (χ1) is 13.0. The Morgan fingerprint density at radius 3 is 2.70 bits per heavy atom. The van der Waals surface area contributed by atoms with Gasteiger partial charge in [0.15, 0.2) is 11.5 Å². The van der Waals surface area contributed by atoms with Gasteiger partial charge in [-0.2, -0.15) is 0 Å². The molecular weight excluding hydrogens is 384 g/mol. The van der Waals surface area contributed by atoms with Gasteiger partial charge in [-0.25, -0.2) is 0 Å². The molecule has 1 aliphatic rings. The van der Waals surface area contributed by atoms with Crippen LogP contribution < -0.4 is 9.47 Å². The largest absolute Gasteiger partial charge is 0.493 e. The van der Waals surface area contributed by atoms with E-state index in [1.54, 1.807) is 19.1 Å². The van der Waals surface area contributed by atoms with Crippen LogP contribution >= 0.6 is 22.9 Å². The number of carbonyl (C=O) groups is 1. The van der Waals surface area contributed by atoms with Crippen molar-refractivity contribution in [3.8, 4) is 11.5 Å². The van der Waals surface area contributed by atoms with Crippen LogP contribution in [-0.2, 0) is 11.3 Å². The second-order valence-electron chi connectivity index (χ2n) is 6.70. The molecule has 0 unspecified atom stereocenters. The van der Waals surface area contributed by atoms with Crippen molar-refractivity contribution in [1.29, 1.82) is 0 Å². The van der Waals surface area contributed by atoms with Gasteiger partial charge in [-0.1, -0.05) is 17.7 Å². The number of nitrogens with zero attached hydrogens (tertiary/aromatic N) is 2. The fourth-order valence-electron chi connectivity index (χ4n) is 3.51. The zero-order chi connectivity index (χ0) is 19.4. The third-order valence-corrected chi connectivity index (χ3v) is 6.16. The predicted octanol–water partition coefficient (Wildman–Crippen LogP) is 4.21. The number of halogens is 1. The van der Waals surface area contributed by atoms with Crippen molar-refractivity contribution < 1.29 is 14.3 Å². The van der Waals surface area contributed by atoms with Crippen LogP contribution in [0.1, 0.15) is 29.3 Å². The van der Waals surface area contributed by atoms with E-state index in [0.717, 1.165) is 45.7 Å². The molecule has 1 atom stereocenters. The van der Waals surface area contributed by atoms with Crippen LogP contribution in [0.25, 0.3) is 0 Å². The standard InChI is InChI=1S/C20H25ClN2O3S/c1-22(12-15-7-9-19(21)27-15)20(24)13-23-10-4-5-16(23)14-6-8-17(25-2)18(11-14)26-3/h6-9,11,16H,4-5,10,12-13H2,1-3H3/t16-/m1/s1. The highest BCUT2D eigenvalue weighted by molar-refractivity contribution is 7.16. The van der Waals surface area contributed by atoms with Gasteiger partial charge in [-0.05, 0) is 49.2 Å². The topological polar surface area (TPSA) is 42.0 Å². The Labute approximate surface area is 169 Å². The maximum atomic E-state index is 12.7. The summed E-state index contributed by atoms with van der Waals surface area (Å²) in [6.07, 6.45) is 2.11. The van der Waals surface area contributed by atoms with Crippen LogP contribution in [0, 0.1) is 0 Å². The Hall–Kier alpha value is -1.76. The number of benzene rings is 1. The lowest BCUT2D eigenvalue weighted by molar-refractivity contribution is -0.131. The Morgan fingerprint density at radius 2 is 2.04 bits per heavy atom. The molecule has 1 aromatic heterocycles. The van der Waals surface area contributed by atoms with Crippen molar-refractivity contribution in [3.05, 3.63) is 45.1 Å². The predicted molar refractivity (Wildman–Crippen MR) is 109 cm³/mol. The molecule has 3 rings (SSSR count). The van der Waals surface area contributed by atoms with E-state index in [2.05, 4.69) is 11.0 Å². The highest BCUT2D eigenvalue weighted by Gasteiger charge is 2.29. The van der Waals surface area contributed by atoms with Gasteiger partial charge in [0, 0.05) is 18.0 Å². The SMILES string of the molecule is COc1ccc([C@H]2CCCN2CC(=O)N(C)Cc2ccc(Cl)s2)cc1OC. The minimum Gasteiger partial charge on any atom is -0.493 e. The van der Waals surface area contributed by atoms with E-state index in [9.17, 15) is 4.79 Å². The molecule has 0 spiro atoms. The van der Waals surface area contributed by atoms with E-state index in [-0.39, 0.29) is 11.9 Å². The quantitative estimate of drug-likeness (QED) is 0.688. The first-order valence-electron chi connectivity index (χ1n) is 8.96. The minimum absolute atomic E-state index is 0.117. The van der Waals surface area contributed by atoms with Crippen LogP contribution in [0.2, 0.25) is 4.34 Å². The number of likely N-dealkylation sites (N-methyl/N-ethyl adjacent to an activating group) is 1. The average Bonchev–Trinajstić information content (AvgIpc) is 3.29. The van der Waals surface area contributed by atoms with Crippen molar-refractivity contribution >= 4 is 28.8 Å². The average molecular weight is 409 g/mol. The monoisotopic (exact) mass is 408 g/mol. The molecule has 146 valence electrons. The highest BCUT2D eigenvalue weighted by Crippen LogP contribution is 2.36. The second-order valence-corrected chi connectivity index (χ2v) is 8.50. The van der Waals surface area contributed by atoms with Gasteiger partial charge in [-0.15, -0.1) is 11.3 Å². The summed E-state index contributed by atoms with van der Waals surface area (Å²) in [5.74, 6) is 1.56. The van der Waals surface area contributed by atoms with Crippen LogP contribution in [0.4, 0.5) is 0 Å². The fraction of sp³-hybridized carbons (Fsp3) is 0.450. The summed E-state index contributed by atoms with van der Waals surface area (Å²) in [5.41, 5.74) is 1.16. The Bertz CT molecular complexity index is 795. The van der Waals surface area contributed by atoms with E-state index in [1.807, 2.05) is 31.3 Å². The lowest BCUT2D eigenvalue weighted by Crippen LogP contribution is -2.37. The van der Waals surface area contributed by atoms with Crippen LogP contribution in [-0.4, -0.2) is 50.1 Å². The molecule has 1 fully saturated rings. The smallest absolute Gasteiger partial charge is 0.236 e. The summed E-state index contributed by atoms with van der Waals surface area (Å²) < 4.78 is 11.5. The van der Waals surface area contributed by atoms with E-state index in [0.29, 0.717) is 13.1 Å². The van der Waals surface area contributed by atoms with Crippen LogP contribution in [0.3, 0.4) is 0 Å². The highest BCUT2D eigenvalue weighted by atomic mass is 35.5. The van der Waals surface area contributed by atoms with Crippen molar-refractivity contribution in [1.82, 2.24) is 9.80 Å². The molecule has 5 nitrogen and oxygen atoms in total. The maximum Gasteiger partial charge on any atom is 0.236 e. The summed E-state index contributed by atoms with van der Waals surface area (Å²) in [6.45, 7) is 1.92. The van der Waals surface area contributed by atoms with Gasteiger partial charge >= 0.3 is 0 Å². The Morgan fingerprint density at radius 1 is 1.26 bits per heavy atom. The number of ether oxygens (including phenoxy) is 2. The van der Waals surface area contributed by atoms with E-state index in [4.69, 9.17) is 21.1 Å². The number of rotatable bonds is 7. The van der Waals surface area contributed by atoms with E-state index < -0.39 is 0 Å². The van der Waals surface area contributed by atoms with Gasteiger partial charge < -0.3 is 14.4 Å². The Kier molecular flexibility index (Phi) is 6.63. The number of methoxy groups -OCH3 is 2. The third kappa shape index (κ3) is 4.75. The molecule has 7 heteroatoms. The summed E-state index contributed by atoms with van der Waals surface area (Å²) in [6, 6.07) is 10.1. The zero-order valence-corrected chi connectivity index (χ0v) is 17.5. The van der Waals surface area contributed by atoms with Crippen molar-refractivity contribution in [2.24, 2.45) is 0 Å². The summed E-state index contributed by atoms with van der Waals surface area (Å²) >= 11 is 7.50. The van der Waals surface area contributed by atoms with Gasteiger partial charge in [0.25, 0.3) is 0 Å². The van der Waals surface area contributed by atoms with Crippen LogP contribution in [0.15, 0.2) is 30.3 Å². The summed E-state index contributed by atoms with van der Waals surface area (Å²) in [4.78, 5) is 17.8. The van der Waals surface area contributed by atoms with Crippen LogP contribution in [0.5, 0.6) is 11.5 Å². The first kappa shape index (κ1) is 20.0. The first-order valence-corrected chi connectivity index (χ1v) is 10.2. The van der Waals surface area contributed by atoms with E-state index >= 15 is 0 Å². The minimum atomic E-state index is 0.117. The molecular formula is C20H25ClN2O3S.